The van der Waals surface area contributed by atoms with E-state index in [1.165, 1.54) is 11.8 Å². The number of amides is 1. The first-order valence-corrected chi connectivity index (χ1v) is 7.99. The van der Waals surface area contributed by atoms with Crippen LogP contribution in [0.1, 0.15) is 18.1 Å². The van der Waals surface area contributed by atoms with Crippen molar-refractivity contribution in [2.75, 3.05) is 13.6 Å². The molecule has 0 fully saturated rings. The molecule has 2 aromatic carbocycles. The minimum atomic E-state index is -0.0984. The van der Waals surface area contributed by atoms with E-state index in [1.54, 1.807) is 49.5 Å². The average molecular weight is 338 g/mol. The average Bonchev–Trinajstić information content (AvgIpc) is 2.60. The van der Waals surface area contributed by atoms with Gasteiger partial charge < -0.3 is 15.1 Å². The van der Waals surface area contributed by atoms with Crippen molar-refractivity contribution in [2.45, 2.75) is 13.3 Å². The van der Waals surface area contributed by atoms with Crippen molar-refractivity contribution in [3.63, 3.8) is 0 Å². The number of phenolic OH excluding ortho intramolecular Hbond substituents is 2. The molecule has 0 aliphatic carbocycles. The number of carbonyl (C=O) groups is 1. The molecule has 0 aromatic heterocycles. The quantitative estimate of drug-likeness (QED) is 0.649. The summed E-state index contributed by atoms with van der Waals surface area (Å²) < 4.78 is 0. The highest BCUT2D eigenvalue weighted by Gasteiger charge is 2.07. The van der Waals surface area contributed by atoms with Gasteiger partial charge in [-0.05, 0) is 47.9 Å². The molecule has 0 aliphatic heterocycles. The number of aromatic hydroxyl groups is 2. The second kappa shape index (κ2) is 8.68. The summed E-state index contributed by atoms with van der Waals surface area (Å²) in [5.74, 6) is 0.917. The Balaban J connectivity index is 2.10. The molecule has 0 bridgehead atoms. The van der Waals surface area contributed by atoms with Crippen LogP contribution in [0.4, 0.5) is 0 Å². The van der Waals surface area contributed by atoms with Crippen LogP contribution in [0.25, 0.3) is 6.08 Å². The maximum atomic E-state index is 11.7. The molecule has 1 amide bonds. The van der Waals surface area contributed by atoms with E-state index in [0.29, 0.717) is 18.8 Å². The molecule has 2 N–H and O–H groups in total. The summed E-state index contributed by atoms with van der Waals surface area (Å²) in [6.07, 6.45) is 4.34. The number of phenols is 2. The molecule has 0 saturated heterocycles. The zero-order chi connectivity index (χ0) is 18.2. The molecule has 25 heavy (non-hydrogen) atoms. The van der Waals surface area contributed by atoms with Gasteiger partial charge in [0.2, 0.25) is 5.91 Å². The summed E-state index contributed by atoms with van der Waals surface area (Å²) in [5.41, 5.74) is 1.97. The van der Waals surface area contributed by atoms with Gasteiger partial charge in [-0.3, -0.25) is 9.79 Å². The van der Waals surface area contributed by atoms with Crippen LogP contribution in [0.3, 0.4) is 0 Å². The second-order valence-electron chi connectivity index (χ2n) is 5.66. The van der Waals surface area contributed by atoms with Crippen molar-refractivity contribution in [1.29, 1.82) is 0 Å². The van der Waals surface area contributed by atoms with Crippen LogP contribution >= 0.6 is 0 Å². The maximum Gasteiger partial charge on any atom is 0.224 e. The molecule has 0 heterocycles. The lowest BCUT2D eigenvalue weighted by Gasteiger charge is -2.15. The Labute approximate surface area is 147 Å². The third kappa shape index (κ3) is 5.80. The Kier molecular flexibility index (Phi) is 6.34. The number of rotatable bonds is 5. The number of hydrogen-bond acceptors (Lipinski definition) is 4. The first-order chi connectivity index (χ1) is 12.0. The van der Waals surface area contributed by atoms with E-state index in [2.05, 4.69) is 4.99 Å². The molecule has 0 radical (unpaired) electrons. The van der Waals surface area contributed by atoms with E-state index < -0.39 is 0 Å². The van der Waals surface area contributed by atoms with Crippen LogP contribution < -0.4 is 0 Å². The molecule has 0 aliphatic rings. The minimum absolute atomic E-state index is 0.0984. The lowest BCUT2D eigenvalue weighted by atomic mass is 10.1. The van der Waals surface area contributed by atoms with Gasteiger partial charge in [-0.2, -0.15) is 0 Å². The van der Waals surface area contributed by atoms with Crippen LogP contribution in [0.2, 0.25) is 0 Å². The second-order valence-corrected chi connectivity index (χ2v) is 5.66. The molecule has 130 valence electrons. The number of likely N-dealkylation sites (N-methyl/N-ethyl adjacent to an activating group) is 1. The third-order valence-corrected chi connectivity index (χ3v) is 3.74. The number of carbonyl (C=O) groups excluding carboxylic acids is 1. The van der Waals surface area contributed by atoms with E-state index in [9.17, 15) is 15.0 Å². The van der Waals surface area contributed by atoms with Crippen molar-refractivity contribution in [1.82, 2.24) is 4.90 Å². The number of benzene rings is 2. The van der Waals surface area contributed by atoms with E-state index in [0.717, 1.165) is 11.1 Å². The molecule has 0 atom stereocenters. The number of nitrogens with zero attached hydrogens (tertiary/aromatic N) is 2. The summed E-state index contributed by atoms with van der Waals surface area (Å²) >= 11 is 0. The number of aliphatic imine (C=N–C) groups is 1. The van der Waals surface area contributed by atoms with Crippen molar-refractivity contribution < 1.29 is 15.0 Å². The SMILES string of the molecule is CC(=O)N(C)C(/C=C/c1ccc(O)cc1)=NCCc1ccc(O)cc1. The lowest BCUT2D eigenvalue weighted by molar-refractivity contribution is -0.124. The van der Waals surface area contributed by atoms with E-state index in [4.69, 9.17) is 0 Å². The van der Waals surface area contributed by atoms with Crippen LogP contribution in [-0.2, 0) is 11.2 Å². The molecular formula is C20H22N2O3. The standard InChI is InChI=1S/C20H22N2O3/c1-15(23)22(2)20(12-7-16-3-8-18(24)9-4-16)21-14-13-17-5-10-19(25)11-6-17/h3-12,24-25H,13-14H2,1-2H3/b12-7+,21-20?. The summed E-state index contributed by atoms with van der Waals surface area (Å²) in [7, 11) is 1.68. The fraction of sp³-hybridized carbons (Fsp3) is 0.200. The molecule has 0 saturated carbocycles. The lowest BCUT2D eigenvalue weighted by Crippen LogP contribution is -2.30. The van der Waals surface area contributed by atoms with Gasteiger partial charge in [0.15, 0.2) is 0 Å². The van der Waals surface area contributed by atoms with Crippen LogP contribution in [0, 0.1) is 0 Å². The predicted molar refractivity (Wildman–Crippen MR) is 99.7 cm³/mol. The van der Waals surface area contributed by atoms with Gasteiger partial charge >= 0.3 is 0 Å². The Hall–Kier alpha value is -3.08. The zero-order valence-electron chi connectivity index (χ0n) is 14.4. The highest BCUT2D eigenvalue weighted by Crippen LogP contribution is 2.12. The highest BCUT2D eigenvalue weighted by molar-refractivity contribution is 6.05. The molecule has 2 aromatic rings. The summed E-state index contributed by atoms with van der Waals surface area (Å²) in [5, 5.41) is 18.6. The Morgan fingerprint density at radius 2 is 1.60 bits per heavy atom. The normalized spacial score (nSPS) is 11.7. The van der Waals surface area contributed by atoms with Gasteiger partial charge in [0.25, 0.3) is 0 Å². The minimum Gasteiger partial charge on any atom is -0.508 e. The van der Waals surface area contributed by atoms with Crippen molar-refractivity contribution in [2.24, 2.45) is 4.99 Å². The molecule has 5 nitrogen and oxygen atoms in total. The van der Waals surface area contributed by atoms with E-state index in [1.807, 2.05) is 18.2 Å². The monoisotopic (exact) mass is 338 g/mol. The van der Waals surface area contributed by atoms with Gasteiger partial charge in [-0.1, -0.05) is 30.3 Å². The highest BCUT2D eigenvalue weighted by atomic mass is 16.3. The smallest absolute Gasteiger partial charge is 0.224 e. The largest absolute Gasteiger partial charge is 0.508 e. The van der Waals surface area contributed by atoms with Gasteiger partial charge in [-0.25, -0.2) is 0 Å². The summed E-state index contributed by atoms with van der Waals surface area (Å²) in [6.45, 7) is 2.02. The summed E-state index contributed by atoms with van der Waals surface area (Å²) in [6, 6.07) is 13.8. The topological polar surface area (TPSA) is 73.1 Å². The Morgan fingerprint density at radius 3 is 2.16 bits per heavy atom. The first-order valence-electron chi connectivity index (χ1n) is 7.99. The van der Waals surface area contributed by atoms with E-state index >= 15 is 0 Å². The number of amidine groups is 1. The fourth-order valence-electron chi connectivity index (χ4n) is 2.15. The Bertz CT molecular complexity index is 763. The van der Waals surface area contributed by atoms with Gasteiger partial charge in [0.1, 0.15) is 17.3 Å². The third-order valence-electron chi connectivity index (χ3n) is 3.74. The van der Waals surface area contributed by atoms with Gasteiger partial charge in [-0.15, -0.1) is 0 Å². The predicted octanol–water partition coefficient (Wildman–Crippen LogP) is 3.23. The van der Waals surface area contributed by atoms with Crippen molar-refractivity contribution in [3.8, 4) is 11.5 Å². The molecule has 5 heteroatoms. The van der Waals surface area contributed by atoms with Crippen molar-refractivity contribution in [3.05, 3.63) is 65.7 Å². The first kappa shape index (κ1) is 18.3. The zero-order valence-corrected chi connectivity index (χ0v) is 14.4. The van der Waals surface area contributed by atoms with Gasteiger partial charge in [0.05, 0.1) is 0 Å². The van der Waals surface area contributed by atoms with Crippen LogP contribution in [0.15, 0.2) is 59.6 Å². The van der Waals surface area contributed by atoms with Crippen LogP contribution in [-0.4, -0.2) is 40.4 Å². The number of hydrogen-bond donors (Lipinski definition) is 2. The summed E-state index contributed by atoms with van der Waals surface area (Å²) in [4.78, 5) is 17.7. The Morgan fingerprint density at radius 1 is 1.04 bits per heavy atom. The fourth-order valence-corrected chi connectivity index (χ4v) is 2.15. The van der Waals surface area contributed by atoms with Crippen molar-refractivity contribution >= 4 is 17.8 Å². The van der Waals surface area contributed by atoms with Crippen LogP contribution in [0.5, 0.6) is 11.5 Å². The molecular weight excluding hydrogens is 316 g/mol. The molecule has 0 unspecified atom stereocenters. The van der Waals surface area contributed by atoms with Gasteiger partial charge in [0, 0.05) is 20.5 Å². The molecule has 0 spiro atoms. The molecule has 2 rings (SSSR count). The maximum absolute atomic E-state index is 11.7. The van der Waals surface area contributed by atoms with E-state index in [-0.39, 0.29) is 17.4 Å².